The zero-order valence-electron chi connectivity index (χ0n) is 43.4. The van der Waals surface area contributed by atoms with E-state index < -0.39 is 5.97 Å². The molecule has 4 aliphatic carbocycles. The molecule has 378 valence electrons. The second-order valence-electron chi connectivity index (χ2n) is 23.1. The van der Waals surface area contributed by atoms with Crippen molar-refractivity contribution in [3.05, 3.63) is 65.1 Å². The molecule has 2 N–H and O–H groups in total. The van der Waals surface area contributed by atoms with Crippen LogP contribution >= 0.6 is 11.3 Å². The lowest BCUT2D eigenvalue weighted by Crippen LogP contribution is -2.64. The van der Waals surface area contributed by atoms with Crippen molar-refractivity contribution in [2.45, 2.75) is 188 Å². The standard InChI is InChI=1S/C57H81N9O3S/c1-7-8-9-10-11-12-13-14-15-16-17-18-19-22-29-64(6)31-32-69-57-37-54(4)34-55(5,38-57)36-56(35-54,39-57)40-66-42(3)45(33-58-66)44-27-28-48(60-49(44)52(67)68)65-30-23-24-43-41(2)50(62-63-51(43)65)61-53-59-46-25-20-21-26-47(46)70-53/h20-21,25-28,33H,7-19,22-24,29-32,34-40H2,1-6H3,(H,67,68)(H,59,61,62). The van der Waals surface area contributed by atoms with E-state index in [2.05, 4.69) is 67.7 Å². The molecule has 0 amide bonds. The van der Waals surface area contributed by atoms with Gasteiger partial charge in [-0.25, -0.2) is 14.8 Å². The first-order chi connectivity index (χ1) is 33.8. The Hall–Kier alpha value is -4.46. The summed E-state index contributed by atoms with van der Waals surface area (Å²) in [5.74, 6) is 0.875. The normalized spacial score (nSPS) is 23.7. The molecule has 2 unspecified atom stereocenters. The van der Waals surface area contributed by atoms with E-state index in [1.54, 1.807) is 11.3 Å². The molecule has 4 aromatic heterocycles. The number of para-hydroxylation sites is 1. The van der Waals surface area contributed by atoms with Crippen LogP contribution in [-0.2, 0) is 17.7 Å². The lowest BCUT2D eigenvalue weighted by molar-refractivity contribution is -0.248. The second-order valence-corrected chi connectivity index (χ2v) is 24.2. The summed E-state index contributed by atoms with van der Waals surface area (Å²) >= 11 is 1.59. The fourth-order valence-electron chi connectivity index (χ4n) is 14.4. The molecule has 0 saturated heterocycles. The fraction of sp³-hybridized carbons (Fsp3) is 0.649. The molecule has 4 fully saturated rings. The maximum atomic E-state index is 13.1. The maximum Gasteiger partial charge on any atom is 0.355 e. The molecule has 0 radical (unpaired) electrons. The van der Waals surface area contributed by atoms with Crippen LogP contribution in [0.3, 0.4) is 0 Å². The Labute approximate surface area is 421 Å². The van der Waals surface area contributed by atoms with E-state index in [0.717, 1.165) is 96.1 Å². The predicted octanol–water partition coefficient (Wildman–Crippen LogP) is 14.0. The van der Waals surface area contributed by atoms with Gasteiger partial charge in [0, 0.05) is 47.6 Å². The highest BCUT2D eigenvalue weighted by molar-refractivity contribution is 7.22. The van der Waals surface area contributed by atoms with E-state index in [4.69, 9.17) is 24.9 Å². The fourth-order valence-corrected chi connectivity index (χ4v) is 15.2. The van der Waals surface area contributed by atoms with Gasteiger partial charge < -0.3 is 25.0 Å². The molecule has 5 aromatic rings. The Bertz CT molecular complexity index is 2540. The summed E-state index contributed by atoms with van der Waals surface area (Å²) in [6.45, 7) is 15.8. The van der Waals surface area contributed by atoms with Crippen LogP contribution in [0.2, 0.25) is 0 Å². The number of nitrogens with one attached hydrogen (secondary N) is 1. The van der Waals surface area contributed by atoms with Gasteiger partial charge in [-0.3, -0.25) is 4.68 Å². The average Bonchev–Trinajstić information content (AvgIpc) is 3.89. The number of fused-ring (bicyclic) bond motifs is 2. The first-order valence-electron chi connectivity index (χ1n) is 27.1. The number of rotatable bonds is 26. The van der Waals surface area contributed by atoms with Gasteiger partial charge in [-0.2, -0.15) is 5.10 Å². The number of pyridine rings is 1. The molecule has 5 aliphatic rings. The van der Waals surface area contributed by atoms with Crippen LogP contribution in [0.15, 0.2) is 42.6 Å². The SMILES string of the molecule is CCCCCCCCCCCCCCCCN(C)CCOC12CC3(C)CC(C)(CC(Cn4ncc(-c5ccc(N6CCCc7c6nnc(Nc6nc8ccccc8s6)c7C)nc5C(=O)O)c4C)(C3)C1)C2. The van der Waals surface area contributed by atoms with Crippen LogP contribution in [-0.4, -0.2) is 84.8 Å². The minimum absolute atomic E-state index is 0.0163. The van der Waals surface area contributed by atoms with E-state index in [1.807, 2.05) is 41.4 Å². The summed E-state index contributed by atoms with van der Waals surface area (Å²) in [4.78, 5) is 27.1. The Balaban J connectivity index is 0.806. The van der Waals surface area contributed by atoms with Gasteiger partial charge in [0.1, 0.15) is 5.82 Å². The van der Waals surface area contributed by atoms with Crippen molar-refractivity contribution < 1.29 is 14.6 Å². The third kappa shape index (κ3) is 11.4. The zero-order valence-corrected chi connectivity index (χ0v) is 44.2. The summed E-state index contributed by atoms with van der Waals surface area (Å²) < 4.78 is 10.4. The van der Waals surface area contributed by atoms with Gasteiger partial charge in [0.15, 0.2) is 22.5 Å². The van der Waals surface area contributed by atoms with E-state index in [1.165, 1.54) is 109 Å². The molecule has 10 rings (SSSR count). The third-order valence-corrected chi connectivity index (χ3v) is 17.5. The Kier molecular flexibility index (Phi) is 15.7. The molecule has 2 atom stereocenters. The van der Waals surface area contributed by atoms with Gasteiger partial charge >= 0.3 is 5.97 Å². The molecule has 0 spiro atoms. The number of aromatic nitrogens is 6. The smallest absolute Gasteiger partial charge is 0.355 e. The van der Waals surface area contributed by atoms with Gasteiger partial charge in [-0.1, -0.05) is 128 Å². The van der Waals surface area contributed by atoms with Crippen LogP contribution in [0.4, 0.5) is 22.6 Å². The number of thiazole rings is 1. The molecule has 5 heterocycles. The third-order valence-electron chi connectivity index (χ3n) is 16.6. The molecular formula is C57H81N9O3S. The molecule has 70 heavy (non-hydrogen) atoms. The number of hydrogen-bond acceptors (Lipinski definition) is 11. The number of carbonyl (C=O) groups is 1. The molecule has 1 aromatic carbocycles. The quantitative estimate of drug-likeness (QED) is 0.0513. The van der Waals surface area contributed by atoms with Crippen LogP contribution < -0.4 is 10.2 Å². The number of aromatic carboxylic acids is 1. The van der Waals surface area contributed by atoms with Gasteiger partial charge in [0.2, 0.25) is 0 Å². The summed E-state index contributed by atoms with van der Waals surface area (Å²) in [5, 5.41) is 29.2. The topological polar surface area (TPSA) is 134 Å². The zero-order chi connectivity index (χ0) is 48.9. The first kappa shape index (κ1) is 50.5. The van der Waals surface area contributed by atoms with Crippen molar-refractivity contribution in [3.8, 4) is 11.1 Å². The van der Waals surface area contributed by atoms with E-state index in [0.29, 0.717) is 29.6 Å². The van der Waals surface area contributed by atoms with Crippen LogP contribution in [0, 0.1) is 30.1 Å². The van der Waals surface area contributed by atoms with Gasteiger partial charge in [-0.15, -0.1) is 10.2 Å². The monoisotopic (exact) mass is 972 g/mol. The van der Waals surface area contributed by atoms with Crippen LogP contribution in [0.25, 0.3) is 21.3 Å². The molecule has 13 heteroatoms. The Morgan fingerprint density at radius 1 is 0.814 bits per heavy atom. The van der Waals surface area contributed by atoms with E-state index in [9.17, 15) is 9.90 Å². The summed E-state index contributed by atoms with van der Waals surface area (Å²) in [5.41, 5.74) is 5.82. The number of anilines is 4. The number of nitrogens with zero attached hydrogens (tertiary/aromatic N) is 8. The first-order valence-corrected chi connectivity index (χ1v) is 28.0. The molecule has 12 nitrogen and oxygen atoms in total. The Morgan fingerprint density at radius 3 is 2.19 bits per heavy atom. The van der Waals surface area contributed by atoms with Gasteiger partial charge in [-0.05, 0) is 126 Å². The molecule has 1 aliphatic heterocycles. The minimum Gasteiger partial charge on any atom is -0.476 e. The second kappa shape index (κ2) is 21.7. The number of carboxylic acid groups (broad SMARTS) is 1. The van der Waals surface area contributed by atoms with Gasteiger partial charge in [0.25, 0.3) is 0 Å². The van der Waals surface area contributed by atoms with Crippen LogP contribution in [0.5, 0.6) is 0 Å². The Morgan fingerprint density at radius 2 is 1.50 bits per heavy atom. The highest BCUT2D eigenvalue weighted by Gasteiger charge is 2.66. The summed E-state index contributed by atoms with van der Waals surface area (Å²) in [6, 6.07) is 11.9. The van der Waals surface area contributed by atoms with Crippen molar-refractivity contribution >= 4 is 50.1 Å². The molecule has 4 bridgehead atoms. The van der Waals surface area contributed by atoms with E-state index >= 15 is 0 Å². The largest absolute Gasteiger partial charge is 0.476 e. The molecule has 4 saturated carbocycles. The number of carboxylic acids is 1. The molecular weight excluding hydrogens is 891 g/mol. The van der Waals surface area contributed by atoms with Crippen molar-refractivity contribution in [2.24, 2.45) is 16.2 Å². The predicted molar refractivity (Wildman–Crippen MR) is 285 cm³/mol. The lowest BCUT2D eigenvalue weighted by Gasteiger charge is -2.69. The number of benzene rings is 1. The lowest BCUT2D eigenvalue weighted by atomic mass is 9.39. The van der Waals surface area contributed by atoms with Crippen LogP contribution in [0.1, 0.15) is 183 Å². The number of ether oxygens (including phenoxy) is 1. The summed E-state index contributed by atoms with van der Waals surface area (Å²) in [6.07, 6.45) is 30.0. The van der Waals surface area contributed by atoms with Crippen molar-refractivity contribution in [2.75, 3.05) is 43.5 Å². The minimum atomic E-state index is -1.06. The summed E-state index contributed by atoms with van der Waals surface area (Å²) in [7, 11) is 2.27. The highest BCUT2D eigenvalue weighted by atomic mass is 32.1. The van der Waals surface area contributed by atoms with Gasteiger partial charge in [0.05, 0.1) is 28.6 Å². The van der Waals surface area contributed by atoms with E-state index in [-0.39, 0.29) is 27.5 Å². The number of hydrogen-bond donors (Lipinski definition) is 2. The average molecular weight is 972 g/mol. The van der Waals surface area contributed by atoms with Crippen molar-refractivity contribution in [3.63, 3.8) is 0 Å². The van der Waals surface area contributed by atoms with Crippen molar-refractivity contribution in [1.82, 2.24) is 34.8 Å². The highest BCUT2D eigenvalue weighted by Crippen LogP contribution is 2.72. The maximum absolute atomic E-state index is 13.1. The number of unbranched alkanes of at least 4 members (excludes halogenated alkanes) is 13. The van der Waals surface area contributed by atoms with Crippen molar-refractivity contribution in [1.29, 1.82) is 0 Å². The number of likely N-dealkylation sites (N-methyl/N-ethyl adjacent to an activating group) is 1.